The van der Waals surface area contributed by atoms with Crippen LogP contribution in [0.4, 0.5) is 0 Å². The number of nitrogens with zero attached hydrogens (tertiary/aromatic N) is 1. The average Bonchev–Trinajstić information content (AvgIpc) is 3.08. The normalized spacial score (nSPS) is 19.4. The van der Waals surface area contributed by atoms with Gasteiger partial charge in [-0.25, -0.2) is 0 Å². The van der Waals surface area contributed by atoms with Crippen molar-refractivity contribution >= 4 is 17.7 Å². The van der Waals surface area contributed by atoms with Crippen LogP contribution in [0.15, 0.2) is 12.1 Å². The Morgan fingerprint density at radius 2 is 1.83 bits per heavy atom. The number of methoxy groups -OCH3 is 3. The highest BCUT2D eigenvalue weighted by atomic mass is 32.2. The maximum atomic E-state index is 13.0. The molecule has 1 spiro atoms. The van der Waals surface area contributed by atoms with E-state index < -0.39 is 0 Å². The molecule has 2 aliphatic rings. The predicted molar refractivity (Wildman–Crippen MR) is 92.4 cm³/mol. The minimum atomic E-state index is -0.0849. The number of thioether (sulfide) groups is 1. The SMILES string of the molecule is COc1ccc(C(=O)N2CCC3(CC2)OCCS3)c(OC)c1OC. The van der Waals surface area contributed by atoms with Crippen LogP contribution in [0.3, 0.4) is 0 Å². The van der Waals surface area contributed by atoms with Crippen molar-refractivity contribution < 1.29 is 23.7 Å². The van der Waals surface area contributed by atoms with E-state index in [4.69, 9.17) is 18.9 Å². The smallest absolute Gasteiger partial charge is 0.257 e. The van der Waals surface area contributed by atoms with Gasteiger partial charge in [-0.05, 0) is 12.1 Å². The lowest BCUT2D eigenvalue weighted by atomic mass is 10.0. The zero-order valence-corrected chi connectivity index (χ0v) is 15.1. The van der Waals surface area contributed by atoms with Crippen molar-refractivity contribution in [2.45, 2.75) is 17.8 Å². The third-order valence-corrected chi connectivity index (χ3v) is 5.98. The van der Waals surface area contributed by atoms with Crippen molar-refractivity contribution in [2.24, 2.45) is 0 Å². The maximum absolute atomic E-state index is 13.0. The molecule has 0 bridgehead atoms. The van der Waals surface area contributed by atoms with Crippen molar-refractivity contribution in [2.75, 3.05) is 46.8 Å². The molecule has 0 aliphatic carbocycles. The summed E-state index contributed by atoms with van der Waals surface area (Å²) >= 11 is 1.87. The summed E-state index contributed by atoms with van der Waals surface area (Å²) in [6.45, 7) is 2.18. The van der Waals surface area contributed by atoms with Crippen LogP contribution in [0.5, 0.6) is 17.2 Å². The van der Waals surface area contributed by atoms with Gasteiger partial charge in [-0.2, -0.15) is 0 Å². The molecule has 3 rings (SSSR count). The van der Waals surface area contributed by atoms with Gasteiger partial charge in [0, 0.05) is 31.7 Å². The molecule has 1 amide bonds. The lowest BCUT2D eigenvalue weighted by Crippen LogP contribution is -2.45. The number of carbonyl (C=O) groups excluding carboxylic acids is 1. The van der Waals surface area contributed by atoms with Gasteiger partial charge in [0.05, 0.1) is 33.5 Å². The van der Waals surface area contributed by atoms with Crippen molar-refractivity contribution in [3.63, 3.8) is 0 Å². The Bertz CT molecular complexity index is 605. The van der Waals surface area contributed by atoms with E-state index in [1.165, 1.54) is 14.2 Å². The van der Waals surface area contributed by atoms with E-state index in [1.807, 2.05) is 16.7 Å². The lowest BCUT2D eigenvalue weighted by molar-refractivity contribution is 0.00345. The molecular formula is C17H23NO5S. The number of benzene rings is 1. The van der Waals surface area contributed by atoms with E-state index in [1.54, 1.807) is 19.2 Å². The molecule has 2 saturated heterocycles. The molecule has 0 aromatic heterocycles. The van der Waals surface area contributed by atoms with Crippen molar-refractivity contribution in [3.8, 4) is 17.2 Å². The largest absolute Gasteiger partial charge is 0.493 e. The standard InChI is InChI=1S/C17H23NO5S/c1-20-13-5-4-12(14(21-2)15(13)22-3)16(19)18-8-6-17(7-9-18)23-10-11-24-17/h4-5H,6-11H2,1-3H3. The molecule has 0 N–H and O–H groups in total. The van der Waals surface area contributed by atoms with E-state index >= 15 is 0 Å². The highest BCUT2D eigenvalue weighted by Crippen LogP contribution is 2.43. The first-order chi connectivity index (χ1) is 11.6. The van der Waals surface area contributed by atoms with Gasteiger partial charge in [0.25, 0.3) is 5.91 Å². The Balaban J connectivity index is 1.80. The topological polar surface area (TPSA) is 57.2 Å². The monoisotopic (exact) mass is 353 g/mol. The van der Waals surface area contributed by atoms with E-state index in [0.717, 1.165) is 25.2 Å². The quantitative estimate of drug-likeness (QED) is 0.829. The molecule has 7 heteroatoms. The molecule has 0 atom stereocenters. The van der Waals surface area contributed by atoms with Crippen molar-refractivity contribution in [3.05, 3.63) is 17.7 Å². The Labute approximate surface area is 146 Å². The second-order valence-corrected chi connectivity index (χ2v) is 7.22. The van der Waals surface area contributed by atoms with Gasteiger partial charge >= 0.3 is 0 Å². The molecule has 2 heterocycles. The van der Waals surface area contributed by atoms with Crippen LogP contribution >= 0.6 is 11.8 Å². The van der Waals surface area contributed by atoms with Gasteiger partial charge < -0.3 is 23.8 Å². The molecule has 0 saturated carbocycles. The molecule has 2 aliphatic heterocycles. The highest BCUT2D eigenvalue weighted by molar-refractivity contribution is 8.00. The first-order valence-electron chi connectivity index (χ1n) is 8.00. The van der Waals surface area contributed by atoms with Crippen LogP contribution in [-0.2, 0) is 4.74 Å². The molecule has 0 radical (unpaired) electrons. The van der Waals surface area contributed by atoms with Gasteiger partial charge in [0.2, 0.25) is 5.75 Å². The number of hydrogen-bond acceptors (Lipinski definition) is 6. The minimum absolute atomic E-state index is 0.0503. The van der Waals surface area contributed by atoms with Gasteiger partial charge in [0.1, 0.15) is 4.93 Å². The zero-order valence-electron chi connectivity index (χ0n) is 14.3. The third-order valence-electron chi connectivity index (χ3n) is 4.56. The van der Waals surface area contributed by atoms with Gasteiger partial charge in [0.15, 0.2) is 11.5 Å². The number of likely N-dealkylation sites (tertiary alicyclic amines) is 1. The first kappa shape index (κ1) is 17.2. The Morgan fingerprint density at radius 3 is 2.38 bits per heavy atom. The van der Waals surface area contributed by atoms with E-state index in [9.17, 15) is 4.79 Å². The molecule has 6 nitrogen and oxygen atoms in total. The van der Waals surface area contributed by atoms with Gasteiger partial charge in [-0.1, -0.05) is 0 Å². The average molecular weight is 353 g/mol. The second-order valence-electron chi connectivity index (χ2n) is 5.78. The number of amides is 1. The Hall–Kier alpha value is -1.60. The Kier molecular flexibility index (Phi) is 5.10. The van der Waals surface area contributed by atoms with E-state index in [-0.39, 0.29) is 10.8 Å². The Morgan fingerprint density at radius 1 is 1.12 bits per heavy atom. The van der Waals surface area contributed by atoms with Crippen LogP contribution in [0.2, 0.25) is 0 Å². The molecule has 2 fully saturated rings. The van der Waals surface area contributed by atoms with E-state index in [2.05, 4.69) is 0 Å². The summed E-state index contributed by atoms with van der Waals surface area (Å²) in [5.74, 6) is 2.38. The second kappa shape index (κ2) is 7.11. The van der Waals surface area contributed by atoms with Gasteiger partial charge in [-0.3, -0.25) is 4.79 Å². The van der Waals surface area contributed by atoms with Crippen LogP contribution in [0.1, 0.15) is 23.2 Å². The lowest BCUT2D eigenvalue weighted by Gasteiger charge is -2.38. The molecule has 0 unspecified atom stereocenters. The number of hydrogen-bond donors (Lipinski definition) is 0. The fraction of sp³-hybridized carbons (Fsp3) is 0.588. The molecule has 132 valence electrons. The van der Waals surface area contributed by atoms with Crippen LogP contribution in [0, 0.1) is 0 Å². The van der Waals surface area contributed by atoms with Crippen molar-refractivity contribution in [1.82, 2.24) is 4.90 Å². The summed E-state index contributed by atoms with van der Waals surface area (Å²) in [4.78, 5) is 14.7. The third kappa shape index (κ3) is 3.02. The molecule has 1 aromatic carbocycles. The highest BCUT2D eigenvalue weighted by Gasteiger charge is 2.40. The molecular weight excluding hydrogens is 330 g/mol. The van der Waals surface area contributed by atoms with Crippen LogP contribution < -0.4 is 14.2 Å². The number of carbonyl (C=O) groups is 1. The molecule has 24 heavy (non-hydrogen) atoms. The fourth-order valence-corrected chi connectivity index (χ4v) is 4.45. The number of ether oxygens (including phenoxy) is 4. The first-order valence-corrected chi connectivity index (χ1v) is 8.99. The van der Waals surface area contributed by atoms with E-state index in [0.29, 0.717) is 35.9 Å². The maximum Gasteiger partial charge on any atom is 0.257 e. The van der Waals surface area contributed by atoms with Gasteiger partial charge in [-0.15, -0.1) is 11.8 Å². The summed E-state index contributed by atoms with van der Waals surface area (Å²) in [6, 6.07) is 3.46. The number of rotatable bonds is 4. The summed E-state index contributed by atoms with van der Waals surface area (Å²) in [5, 5.41) is 0. The minimum Gasteiger partial charge on any atom is -0.493 e. The summed E-state index contributed by atoms with van der Waals surface area (Å²) < 4.78 is 22.0. The van der Waals surface area contributed by atoms with Crippen molar-refractivity contribution in [1.29, 1.82) is 0 Å². The van der Waals surface area contributed by atoms with Crippen LogP contribution in [0.25, 0.3) is 0 Å². The van der Waals surface area contributed by atoms with Crippen LogP contribution in [-0.4, -0.2) is 62.5 Å². The summed E-state index contributed by atoms with van der Waals surface area (Å²) in [6.07, 6.45) is 1.72. The summed E-state index contributed by atoms with van der Waals surface area (Å²) in [5.41, 5.74) is 0.492. The zero-order chi connectivity index (χ0) is 17.2. The predicted octanol–water partition coefficient (Wildman–Crippen LogP) is 2.41. The summed E-state index contributed by atoms with van der Waals surface area (Å²) in [7, 11) is 4.62. The fourth-order valence-electron chi connectivity index (χ4n) is 3.28. The molecule has 1 aromatic rings. The number of piperidine rings is 1.